The largest absolute Gasteiger partial charge is 0.486 e. The molecule has 1 aliphatic rings. The van der Waals surface area contributed by atoms with Crippen molar-refractivity contribution in [3.63, 3.8) is 0 Å². The Balaban J connectivity index is 1.63. The first kappa shape index (κ1) is 19.8. The molecule has 9 heteroatoms. The molecule has 148 valence electrons. The van der Waals surface area contributed by atoms with E-state index in [-0.39, 0.29) is 24.7 Å². The molecule has 0 radical (unpaired) electrons. The first-order valence-corrected chi connectivity index (χ1v) is 9.92. The Labute approximate surface area is 162 Å². The molecule has 0 aromatic heterocycles. The van der Waals surface area contributed by atoms with Crippen LogP contribution in [0.4, 0.5) is 0 Å². The summed E-state index contributed by atoms with van der Waals surface area (Å²) in [7, 11) is -3.89. The van der Waals surface area contributed by atoms with E-state index in [1.54, 1.807) is 36.4 Å². The molecule has 0 fully saturated rings. The molecule has 3 rings (SSSR count). The lowest BCUT2D eigenvalue weighted by Crippen LogP contribution is -2.34. The van der Waals surface area contributed by atoms with Crippen molar-refractivity contribution in [3.8, 4) is 11.5 Å². The third-order valence-corrected chi connectivity index (χ3v) is 5.27. The highest BCUT2D eigenvalue weighted by Gasteiger charge is 2.25. The average molecular weight is 405 g/mol. The van der Waals surface area contributed by atoms with Crippen molar-refractivity contribution in [3.05, 3.63) is 69.8 Å². The number of nitrogens with zero attached hydrogens (tertiary/aromatic N) is 1. The van der Waals surface area contributed by atoms with Crippen LogP contribution in [0.25, 0.3) is 6.08 Å². The summed E-state index contributed by atoms with van der Waals surface area (Å²) in [5, 5.41) is 10.4. The van der Waals surface area contributed by atoms with Crippen LogP contribution in [-0.4, -0.2) is 39.2 Å². The van der Waals surface area contributed by atoms with Crippen molar-refractivity contribution in [1.82, 2.24) is 0 Å². The van der Waals surface area contributed by atoms with Gasteiger partial charge in [-0.2, -0.15) is 8.42 Å². The first-order chi connectivity index (χ1) is 13.3. The summed E-state index contributed by atoms with van der Waals surface area (Å²) in [4.78, 5) is 10.0. The fourth-order valence-electron chi connectivity index (χ4n) is 2.53. The minimum atomic E-state index is -3.89. The molecule has 0 amide bonds. The molecule has 2 aromatic carbocycles. The molecule has 0 bridgehead atoms. The Morgan fingerprint density at radius 3 is 2.68 bits per heavy atom. The zero-order chi connectivity index (χ0) is 20.1. The van der Waals surface area contributed by atoms with Gasteiger partial charge in [-0.1, -0.05) is 29.8 Å². The van der Waals surface area contributed by atoms with Crippen LogP contribution < -0.4 is 9.47 Å². The van der Waals surface area contributed by atoms with Gasteiger partial charge in [0.2, 0.25) is 6.54 Å². The average Bonchev–Trinajstić information content (AvgIpc) is 2.66. The fourth-order valence-corrected chi connectivity index (χ4v) is 3.47. The second-order valence-electron chi connectivity index (χ2n) is 6.23. The first-order valence-electron chi connectivity index (χ1n) is 8.51. The fraction of sp³-hybridized carbons (Fsp3) is 0.263. The van der Waals surface area contributed by atoms with Crippen molar-refractivity contribution >= 4 is 16.2 Å². The lowest BCUT2D eigenvalue weighted by molar-refractivity contribution is -0.468. The molecule has 1 heterocycles. The SMILES string of the molecule is Cc1ccc(S(=O)(=O)OC[C@H]2COc3ccc(C=CC[N+](=O)[O-])cc3O2)cc1. The Morgan fingerprint density at radius 2 is 1.96 bits per heavy atom. The zero-order valence-corrected chi connectivity index (χ0v) is 15.9. The van der Waals surface area contributed by atoms with Gasteiger partial charge in [-0.05, 0) is 42.8 Å². The zero-order valence-electron chi connectivity index (χ0n) is 15.1. The minimum absolute atomic E-state index is 0.0773. The van der Waals surface area contributed by atoms with Gasteiger partial charge in [0.25, 0.3) is 10.1 Å². The number of hydrogen-bond acceptors (Lipinski definition) is 7. The second kappa shape index (κ2) is 8.41. The van der Waals surface area contributed by atoms with E-state index in [4.69, 9.17) is 13.7 Å². The molecule has 1 atom stereocenters. The molecule has 8 nitrogen and oxygen atoms in total. The Hall–Kier alpha value is -2.91. The van der Waals surface area contributed by atoms with E-state index in [0.29, 0.717) is 17.1 Å². The van der Waals surface area contributed by atoms with E-state index in [2.05, 4.69) is 0 Å². The van der Waals surface area contributed by atoms with Crippen molar-refractivity contribution in [2.75, 3.05) is 19.8 Å². The van der Waals surface area contributed by atoms with Crippen LogP contribution in [-0.2, 0) is 14.3 Å². The smallest absolute Gasteiger partial charge is 0.297 e. The highest BCUT2D eigenvalue weighted by molar-refractivity contribution is 7.86. The maximum Gasteiger partial charge on any atom is 0.297 e. The molecular weight excluding hydrogens is 386 g/mol. The molecular formula is C19H19NO7S. The van der Waals surface area contributed by atoms with Crippen LogP contribution in [0.1, 0.15) is 11.1 Å². The summed E-state index contributed by atoms with van der Waals surface area (Å²) < 4.78 is 41.0. The number of rotatable bonds is 7. The maximum atomic E-state index is 12.3. The lowest BCUT2D eigenvalue weighted by Gasteiger charge is -2.26. The summed E-state index contributed by atoms with van der Waals surface area (Å²) in [6, 6.07) is 11.5. The predicted molar refractivity (Wildman–Crippen MR) is 102 cm³/mol. The summed E-state index contributed by atoms with van der Waals surface area (Å²) in [6.07, 6.45) is 2.43. The van der Waals surface area contributed by atoms with Gasteiger partial charge in [0.1, 0.15) is 13.2 Å². The second-order valence-corrected chi connectivity index (χ2v) is 7.84. The number of benzene rings is 2. The highest BCUT2D eigenvalue weighted by Crippen LogP contribution is 2.33. The van der Waals surface area contributed by atoms with Crippen LogP contribution >= 0.6 is 0 Å². The van der Waals surface area contributed by atoms with Crippen LogP contribution in [0, 0.1) is 17.0 Å². The van der Waals surface area contributed by atoms with Crippen LogP contribution in [0.2, 0.25) is 0 Å². The van der Waals surface area contributed by atoms with Crippen molar-refractivity contribution in [2.24, 2.45) is 0 Å². The van der Waals surface area contributed by atoms with Crippen molar-refractivity contribution in [2.45, 2.75) is 17.9 Å². The predicted octanol–water partition coefficient (Wildman–Crippen LogP) is 2.83. The molecule has 0 unspecified atom stereocenters. The van der Waals surface area contributed by atoms with Crippen LogP contribution in [0.5, 0.6) is 11.5 Å². The van der Waals surface area contributed by atoms with E-state index in [1.165, 1.54) is 18.2 Å². The Bertz CT molecular complexity index is 984. The van der Waals surface area contributed by atoms with E-state index in [0.717, 1.165) is 5.56 Å². The van der Waals surface area contributed by atoms with Gasteiger partial charge in [-0.25, -0.2) is 0 Å². The van der Waals surface area contributed by atoms with Gasteiger partial charge < -0.3 is 9.47 Å². The van der Waals surface area contributed by atoms with E-state index < -0.39 is 21.1 Å². The van der Waals surface area contributed by atoms with E-state index in [9.17, 15) is 18.5 Å². The standard InChI is InChI=1S/C19H19NO7S/c1-14-4-7-17(8-5-14)28(23,24)26-13-16-12-25-18-9-6-15(11-19(18)27-16)3-2-10-20(21)22/h2-9,11,16H,10,12-13H2,1H3/t16-/m1/s1. The van der Waals surface area contributed by atoms with Gasteiger partial charge in [0.15, 0.2) is 17.6 Å². The van der Waals surface area contributed by atoms with Gasteiger partial charge in [0, 0.05) is 4.92 Å². The topological polar surface area (TPSA) is 105 Å². The molecule has 0 N–H and O–H groups in total. The summed E-state index contributed by atoms with van der Waals surface area (Å²) in [5.41, 5.74) is 1.65. The molecule has 0 spiro atoms. The quantitative estimate of drug-likeness (QED) is 0.396. The number of ether oxygens (including phenoxy) is 2. The monoisotopic (exact) mass is 405 g/mol. The third-order valence-electron chi connectivity index (χ3n) is 3.97. The maximum absolute atomic E-state index is 12.3. The van der Waals surface area contributed by atoms with Crippen LogP contribution in [0.15, 0.2) is 53.4 Å². The normalized spacial score (nSPS) is 16.2. The summed E-state index contributed by atoms with van der Waals surface area (Å²) in [6.45, 7) is 1.54. The number of fused-ring (bicyclic) bond motifs is 1. The Kier molecular flexibility index (Phi) is 5.96. The number of aryl methyl sites for hydroxylation is 1. The molecule has 1 aliphatic heterocycles. The minimum Gasteiger partial charge on any atom is -0.486 e. The molecule has 0 saturated heterocycles. The number of hydrogen-bond donors (Lipinski definition) is 0. The lowest BCUT2D eigenvalue weighted by atomic mass is 10.1. The van der Waals surface area contributed by atoms with Crippen LogP contribution in [0.3, 0.4) is 0 Å². The van der Waals surface area contributed by atoms with Crippen molar-refractivity contribution < 1.29 is 27.0 Å². The molecule has 0 aliphatic carbocycles. The third kappa shape index (κ3) is 5.08. The summed E-state index contributed by atoms with van der Waals surface area (Å²) >= 11 is 0. The molecule has 0 saturated carbocycles. The number of nitro groups is 1. The van der Waals surface area contributed by atoms with Gasteiger partial charge in [0.05, 0.1) is 4.90 Å². The molecule has 28 heavy (non-hydrogen) atoms. The summed E-state index contributed by atoms with van der Waals surface area (Å²) in [5.74, 6) is 0.944. The van der Waals surface area contributed by atoms with Gasteiger partial charge in [-0.15, -0.1) is 0 Å². The van der Waals surface area contributed by atoms with Crippen molar-refractivity contribution in [1.29, 1.82) is 0 Å². The van der Waals surface area contributed by atoms with Gasteiger partial charge in [-0.3, -0.25) is 14.3 Å². The molecule has 2 aromatic rings. The highest BCUT2D eigenvalue weighted by atomic mass is 32.2. The van der Waals surface area contributed by atoms with E-state index in [1.807, 2.05) is 6.92 Å². The Morgan fingerprint density at radius 1 is 1.21 bits per heavy atom. The van der Waals surface area contributed by atoms with E-state index >= 15 is 0 Å². The van der Waals surface area contributed by atoms with Gasteiger partial charge >= 0.3 is 0 Å².